The Morgan fingerprint density at radius 1 is 1.46 bits per heavy atom. The number of aliphatic imine (C=N–C) groups is 1. The monoisotopic (exact) mass is 416 g/mol. The van der Waals surface area contributed by atoms with Crippen LogP contribution in [0.4, 0.5) is 13.2 Å². The molecule has 2 N–H and O–H groups in total. The molecule has 1 saturated heterocycles. The second-order valence-corrected chi connectivity index (χ2v) is 8.49. The first-order chi connectivity index (χ1) is 13.1. The molecule has 0 bridgehead atoms. The fourth-order valence-corrected chi connectivity index (χ4v) is 4.10. The zero-order chi connectivity index (χ0) is 20.7. The summed E-state index contributed by atoms with van der Waals surface area (Å²) < 4.78 is 56.4. The van der Waals surface area contributed by atoms with Crippen molar-refractivity contribution in [3.05, 3.63) is 23.8 Å². The van der Waals surface area contributed by atoms with Gasteiger partial charge in [-0.3, -0.25) is 0 Å². The molecule has 0 aliphatic carbocycles. The van der Waals surface area contributed by atoms with E-state index >= 15 is 0 Å². The van der Waals surface area contributed by atoms with Gasteiger partial charge in [-0.05, 0) is 32.4 Å². The Hall–Kier alpha value is -2.16. The lowest BCUT2D eigenvalue weighted by Crippen LogP contribution is -2.58. The average Bonchev–Trinajstić information content (AvgIpc) is 2.62. The van der Waals surface area contributed by atoms with E-state index in [0.29, 0.717) is 19.5 Å². The Labute approximate surface area is 163 Å². The number of benzene rings is 1. The van der Waals surface area contributed by atoms with Gasteiger partial charge in [-0.1, -0.05) is 0 Å². The van der Waals surface area contributed by atoms with Crippen LogP contribution in [0.1, 0.15) is 31.9 Å². The highest BCUT2D eigenvalue weighted by Crippen LogP contribution is 2.45. The van der Waals surface area contributed by atoms with Crippen molar-refractivity contribution in [2.75, 3.05) is 13.1 Å². The summed E-state index contributed by atoms with van der Waals surface area (Å²) in [5.41, 5.74) is -5.69. The lowest BCUT2D eigenvalue weighted by Gasteiger charge is -2.48. The third kappa shape index (κ3) is 3.72. The number of aliphatic hydroxyl groups is 1. The summed E-state index contributed by atoms with van der Waals surface area (Å²) in [7, 11) is 0. The van der Waals surface area contributed by atoms with E-state index in [1.54, 1.807) is 24.9 Å². The molecular weight excluding hydrogens is 397 g/mol. The van der Waals surface area contributed by atoms with E-state index in [0.717, 1.165) is 12.1 Å². The number of ether oxygens (including phenoxy) is 1. The number of hydrogen-bond acceptors (Lipinski definition) is 5. The summed E-state index contributed by atoms with van der Waals surface area (Å²) in [5, 5.41) is 22.9. The maximum absolute atomic E-state index is 12.9. The quantitative estimate of drug-likeness (QED) is 0.565. The number of alkyl halides is 3. The molecule has 11 heteroatoms. The number of nitriles is 1. The van der Waals surface area contributed by atoms with Crippen molar-refractivity contribution in [2.24, 2.45) is 4.99 Å². The van der Waals surface area contributed by atoms with Crippen molar-refractivity contribution in [3.8, 4) is 11.9 Å². The molecule has 0 aromatic heterocycles. The van der Waals surface area contributed by atoms with Crippen LogP contribution < -0.4 is 10.1 Å². The lowest BCUT2D eigenvalue weighted by molar-refractivity contribution is -0.0830. The highest BCUT2D eigenvalue weighted by molar-refractivity contribution is 7.92. The van der Waals surface area contributed by atoms with Crippen molar-refractivity contribution < 1.29 is 27.6 Å². The first-order valence-corrected chi connectivity index (χ1v) is 9.68. The van der Waals surface area contributed by atoms with E-state index in [4.69, 9.17) is 10.00 Å². The highest BCUT2D eigenvalue weighted by Gasteiger charge is 2.49. The highest BCUT2D eigenvalue weighted by atomic mass is 32.2. The van der Waals surface area contributed by atoms with E-state index in [1.165, 1.54) is 6.07 Å². The van der Waals surface area contributed by atoms with Crippen LogP contribution in [-0.2, 0) is 11.2 Å². The van der Waals surface area contributed by atoms with E-state index in [2.05, 4.69) is 10.3 Å². The van der Waals surface area contributed by atoms with Gasteiger partial charge in [-0.25, -0.2) is 0 Å². The zero-order valence-corrected chi connectivity index (χ0v) is 16.0. The van der Waals surface area contributed by atoms with E-state index in [-0.39, 0.29) is 17.3 Å². The molecule has 7 nitrogen and oxygen atoms in total. The molecule has 1 aromatic carbocycles. The van der Waals surface area contributed by atoms with E-state index < -0.39 is 39.3 Å². The first kappa shape index (κ1) is 20.6. The van der Waals surface area contributed by atoms with Crippen molar-refractivity contribution in [2.45, 2.75) is 48.4 Å². The molecule has 2 aliphatic rings. The molecule has 1 aromatic rings. The van der Waals surface area contributed by atoms with Crippen LogP contribution >= 0.6 is 0 Å². The predicted octanol–water partition coefficient (Wildman–Crippen LogP) is 2.02. The van der Waals surface area contributed by atoms with Crippen molar-refractivity contribution in [1.82, 2.24) is 10.2 Å². The molecule has 3 rings (SSSR count). The van der Waals surface area contributed by atoms with Crippen LogP contribution in [0.3, 0.4) is 0 Å². The Bertz CT molecular complexity index is 825. The lowest BCUT2D eigenvalue weighted by atomic mass is 9.85. The van der Waals surface area contributed by atoms with Gasteiger partial charge >= 0.3 is 5.51 Å². The topological polar surface area (TPSA) is 104 Å². The molecule has 3 unspecified atom stereocenters. The maximum atomic E-state index is 12.9. The van der Waals surface area contributed by atoms with Gasteiger partial charge in [0.05, 0.1) is 17.2 Å². The van der Waals surface area contributed by atoms with Gasteiger partial charge in [-0.2, -0.15) is 5.26 Å². The van der Waals surface area contributed by atoms with Crippen LogP contribution in [0.2, 0.25) is 0 Å². The summed E-state index contributed by atoms with van der Waals surface area (Å²) in [4.78, 5) is 4.94. The number of halogens is 3. The van der Waals surface area contributed by atoms with Gasteiger partial charge in [0.2, 0.25) is 12.2 Å². The van der Waals surface area contributed by atoms with Crippen LogP contribution in [0.15, 0.2) is 28.1 Å². The van der Waals surface area contributed by atoms with Crippen LogP contribution in [0.5, 0.6) is 5.75 Å². The number of nitrogens with zero attached hydrogens (tertiary/aromatic N) is 3. The van der Waals surface area contributed by atoms with E-state index in [1.807, 2.05) is 0 Å². The summed E-state index contributed by atoms with van der Waals surface area (Å²) in [6.07, 6.45) is 1.23. The molecular formula is C17H19F3N4O3S. The Morgan fingerprint density at radius 2 is 2.18 bits per heavy atom. The normalized spacial score (nSPS) is 26.6. The average molecular weight is 416 g/mol. The van der Waals surface area contributed by atoms with Gasteiger partial charge in [0.25, 0.3) is 0 Å². The third-order valence-corrected chi connectivity index (χ3v) is 5.83. The first-order valence-electron chi connectivity index (χ1n) is 8.53. The largest absolute Gasteiger partial charge is 0.604 e. The third-order valence-electron chi connectivity index (χ3n) is 4.73. The predicted molar refractivity (Wildman–Crippen MR) is 94.7 cm³/mol. The van der Waals surface area contributed by atoms with Crippen molar-refractivity contribution >= 4 is 17.1 Å². The van der Waals surface area contributed by atoms with E-state index in [9.17, 15) is 22.8 Å². The number of aliphatic hydroxyl groups excluding tert-OH is 1. The second-order valence-electron chi connectivity index (χ2n) is 7.02. The Morgan fingerprint density at radius 3 is 2.82 bits per heavy atom. The minimum Gasteiger partial charge on any atom is -0.604 e. The van der Waals surface area contributed by atoms with Crippen LogP contribution in [0.25, 0.3) is 0 Å². The van der Waals surface area contributed by atoms with Gasteiger partial charge in [0, 0.05) is 24.7 Å². The number of hydrogen-bond donors (Lipinski definition) is 2. The summed E-state index contributed by atoms with van der Waals surface area (Å²) in [5.74, 6) is 0.508. The molecule has 28 heavy (non-hydrogen) atoms. The molecule has 0 amide bonds. The number of fused-ring (bicyclic) bond motifs is 1. The molecule has 2 aliphatic heterocycles. The van der Waals surface area contributed by atoms with Gasteiger partial charge in [0.1, 0.15) is 17.5 Å². The standard InChI is InChI=1S/C17H19F3N4O3S/c1-16(2)14(25)13(24-7-3-6-22-15(24)23-9-21)11-8-10(4-5-12(11)27-16)28(26)17(18,19)20/h4-5,8,13-14,25H,3,6-7H2,1-2H3,(H,22,23). The molecule has 152 valence electrons. The van der Waals surface area contributed by atoms with Gasteiger partial charge in [0.15, 0.2) is 4.90 Å². The SMILES string of the molecule is CC1(C)Oc2ccc([S+]([O-])C(F)(F)F)cc2C(N2CCCNC2=NC#N)C1O. The molecule has 0 spiro atoms. The second kappa shape index (κ2) is 7.35. The Kier molecular flexibility index (Phi) is 5.40. The fourth-order valence-electron chi connectivity index (χ4n) is 3.41. The molecule has 2 heterocycles. The zero-order valence-electron chi connectivity index (χ0n) is 15.2. The summed E-state index contributed by atoms with van der Waals surface area (Å²) in [6, 6.07) is 2.74. The molecule has 3 atom stereocenters. The minimum atomic E-state index is -4.91. The number of guanidine groups is 1. The minimum absolute atomic E-state index is 0.226. The summed E-state index contributed by atoms with van der Waals surface area (Å²) >= 11 is -3.22. The van der Waals surface area contributed by atoms with Gasteiger partial charge in [-0.15, -0.1) is 18.2 Å². The molecule has 1 fully saturated rings. The van der Waals surface area contributed by atoms with Crippen molar-refractivity contribution in [3.63, 3.8) is 0 Å². The van der Waals surface area contributed by atoms with Crippen LogP contribution in [-0.4, -0.2) is 50.8 Å². The Balaban J connectivity index is 2.12. The summed E-state index contributed by atoms with van der Waals surface area (Å²) in [6.45, 7) is 4.32. The maximum Gasteiger partial charge on any atom is 0.578 e. The molecule has 0 saturated carbocycles. The number of nitrogens with one attached hydrogen (secondary N) is 1. The fraction of sp³-hybridized carbons (Fsp3) is 0.529. The van der Waals surface area contributed by atoms with Gasteiger partial charge < -0.3 is 24.6 Å². The smallest absolute Gasteiger partial charge is 0.578 e. The molecule has 0 radical (unpaired) electrons. The van der Waals surface area contributed by atoms with Crippen LogP contribution in [0, 0.1) is 11.5 Å². The van der Waals surface area contributed by atoms with Crippen molar-refractivity contribution in [1.29, 1.82) is 5.26 Å². The number of rotatable bonds is 2.